The van der Waals surface area contributed by atoms with E-state index in [1.165, 1.54) is 38.5 Å². The molecule has 0 saturated heterocycles. The Labute approximate surface area is 155 Å². The van der Waals surface area contributed by atoms with Crippen molar-refractivity contribution in [2.75, 3.05) is 6.61 Å². The molecule has 0 heterocycles. The molecule has 1 atom stereocenters. The van der Waals surface area contributed by atoms with Crippen LogP contribution in [0.3, 0.4) is 0 Å². The predicted molar refractivity (Wildman–Crippen MR) is 99.3 cm³/mol. The monoisotopic (exact) mass is 355 g/mol. The zero-order valence-corrected chi connectivity index (χ0v) is 15.6. The van der Waals surface area contributed by atoms with Crippen LogP contribution in [-0.2, 0) is 20.7 Å². The van der Waals surface area contributed by atoms with Gasteiger partial charge in [0.15, 0.2) is 6.61 Å². The molecule has 1 N–H and O–H groups in total. The summed E-state index contributed by atoms with van der Waals surface area (Å²) < 4.78 is 5.18. The first-order chi connectivity index (χ1) is 12.5. The maximum absolute atomic E-state index is 12.3. The van der Waals surface area contributed by atoms with E-state index in [4.69, 9.17) is 4.74 Å². The van der Waals surface area contributed by atoms with E-state index in [1.807, 2.05) is 30.3 Å². The molecule has 140 valence electrons. The first-order valence-corrected chi connectivity index (χ1v) is 10.0. The van der Waals surface area contributed by atoms with E-state index in [0.29, 0.717) is 0 Å². The van der Waals surface area contributed by atoms with Crippen LogP contribution in [0.2, 0.25) is 0 Å². The van der Waals surface area contributed by atoms with Crippen molar-refractivity contribution in [1.82, 2.24) is 5.32 Å². The molecule has 1 amide bonds. The Bertz CT molecular complexity index is 634. The zero-order chi connectivity index (χ0) is 18.1. The molecule has 26 heavy (non-hydrogen) atoms. The summed E-state index contributed by atoms with van der Waals surface area (Å²) in [5, 5.41) is 3.14. The molecule has 0 spiro atoms. The van der Waals surface area contributed by atoms with Crippen LogP contribution in [0, 0.1) is 23.2 Å². The fourth-order valence-corrected chi connectivity index (χ4v) is 6.10. The fourth-order valence-electron chi connectivity index (χ4n) is 6.10. The average molecular weight is 355 g/mol. The van der Waals surface area contributed by atoms with E-state index in [1.54, 1.807) is 0 Å². The van der Waals surface area contributed by atoms with E-state index in [9.17, 15) is 9.59 Å². The minimum atomic E-state index is -0.353. The molecular weight excluding hydrogens is 326 g/mol. The highest BCUT2D eigenvalue weighted by Crippen LogP contribution is 2.61. The predicted octanol–water partition coefficient (Wildman–Crippen LogP) is 3.49. The lowest BCUT2D eigenvalue weighted by atomic mass is 9.48. The van der Waals surface area contributed by atoms with Gasteiger partial charge in [-0.25, -0.2) is 0 Å². The minimum absolute atomic E-state index is 0.163. The van der Waals surface area contributed by atoms with Gasteiger partial charge >= 0.3 is 5.97 Å². The number of nitrogens with one attached hydrogen (secondary N) is 1. The number of carbonyl (C=O) groups excluding carboxylic acids is 2. The van der Waals surface area contributed by atoms with Crippen molar-refractivity contribution in [3.05, 3.63) is 35.9 Å². The lowest BCUT2D eigenvalue weighted by Crippen LogP contribution is -2.56. The third-order valence-corrected chi connectivity index (χ3v) is 6.94. The Morgan fingerprint density at radius 2 is 1.65 bits per heavy atom. The summed E-state index contributed by atoms with van der Waals surface area (Å²) in [6.45, 7) is 1.97. The number of hydrogen-bond donors (Lipinski definition) is 1. The second-order valence-electron chi connectivity index (χ2n) is 8.89. The van der Waals surface area contributed by atoms with Gasteiger partial charge in [-0.15, -0.1) is 0 Å². The molecule has 0 aliphatic heterocycles. The van der Waals surface area contributed by atoms with Crippen LogP contribution in [0.5, 0.6) is 0 Å². The van der Waals surface area contributed by atoms with Crippen molar-refractivity contribution >= 4 is 11.9 Å². The van der Waals surface area contributed by atoms with Gasteiger partial charge < -0.3 is 10.1 Å². The highest BCUT2D eigenvalue weighted by atomic mass is 16.5. The fraction of sp³-hybridized carbons (Fsp3) is 0.636. The van der Waals surface area contributed by atoms with Gasteiger partial charge in [0.25, 0.3) is 5.91 Å². The zero-order valence-electron chi connectivity index (χ0n) is 15.6. The summed E-state index contributed by atoms with van der Waals surface area (Å²) in [6.07, 6.45) is 8.18. The highest BCUT2D eigenvalue weighted by molar-refractivity contribution is 5.81. The standard InChI is InChI=1S/C22H29NO3/c1-15(22-11-17-7-18(12-22)9-19(8-17)13-22)23-20(24)14-26-21(25)10-16-5-3-2-4-6-16/h2-6,15,17-19H,7-14H2,1H3,(H,23,24). The van der Waals surface area contributed by atoms with Gasteiger partial charge in [-0.1, -0.05) is 30.3 Å². The normalized spacial score (nSPS) is 32.9. The SMILES string of the molecule is CC(NC(=O)COC(=O)Cc1ccccc1)C12CC3CC(CC(C3)C1)C2. The molecule has 4 fully saturated rings. The number of esters is 1. The molecule has 4 saturated carbocycles. The molecule has 4 heteroatoms. The second-order valence-corrected chi connectivity index (χ2v) is 8.89. The lowest BCUT2D eigenvalue weighted by Gasteiger charge is -2.59. The molecule has 4 aliphatic rings. The molecule has 4 nitrogen and oxygen atoms in total. The summed E-state index contributed by atoms with van der Waals surface area (Å²) in [5.74, 6) is 2.07. The smallest absolute Gasteiger partial charge is 0.310 e. The molecule has 4 bridgehead atoms. The first-order valence-electron chi connectivity index (χ1n) is 10.0. The van der Waals surface area contributed by atoms with Crippen LogP contribution < -0.4 is 5.32 Å². The highest BCUT2D eigenvalue weighted by Gasteiger charge is 2.53. The van der Waals surface area contributed by atoms with Crippen molar-refractivity contribution in [2.45, 2.75) is 57.9 Å². The summed E-state index contributed by atoms with van der Waals surface area (Å²) in [4.78, 5) is 24.2. The molecule has 0 aromatic heterocycles. The largest absolute Gasteiger partial charge is 0.455 e. The van der Waals surface area contributed by atoms with Gasteiger partial charge in [0, 0.05) is 6.04 Å². The van der Waals surface area contributed by atoms with Crippen molar-refractivity contribution in [1.29, 1.82) is 0 Å². The Hall–Kier alpha value is -1.84. The summed E-state index contributed by atoms with van der Waals surface area (Å²) in [6, 6.07) is 9.63. The molecule has 4 aliphatic carbocycles. The van der Waals surface area contributed by atoms with Crippen molar-refractivity contribution in [3.8, 4) is 0 Å². The van der Waals surface area contributed by atoms with Gasteiger partial charge in [0.2, 0.25) is 0 Å². The topological polar surface area (TPSA) is 55.4 Å². The molecule has 1 aromatic carbocycles. The number of amides is 1. The minimum Gasteiger partial charge on any atom is -0.455 e. The van der Waals surface area contributed by atoms with E-state index < -0.39 is 0 Å². The van der Waals surface area contributed by atoms with Crippen molar-refractivity contribution in [2.24, 2.45) is 23.2 Å². The van der Waals surface area contributed by atoms with E-state index in [0.717, 1.165) is 23.3 Å². The summed E-state index contributed by atoms with van der Waals surface area (Å²) in [7, 11) is 0. The Balaban J connectivity index is 1.26. The van der Waals surface area contributed by atoms with Crippen molar-refractivity contribution in [3.63, 3.8) is 0 Å². The number of carbonyl (C=O) groups is 2. The van der Waals surface area contributed by atoms with Crippen LogP contribution in [-0.4, -0.2) is 24.5 Å². The molecular formula is C22H29NO3. The second kappa shape index (κ2) is 7.05. The third kappa shape index (κ3) is 3.65. The van der Waals surface area contributed by atoms with Crippen LogP contribution in [0.4, 0.5) is 0 Å². The average Bonchev–Trinajstić information content (AvgIpc) is 2.60. The number of rotatable bonds is 6. The van der Waals surface area contributed by atoms with E-state index >= 15 is 0 Å². The van der Waals surface area contributed by atoms with Crippen molar-refractivity contribution < 1.29 is 14.3 Å². The van der Waals surface area contributed by atoms with Crippen LogP contribution in [0.25, 0.3) is 0 Å². The Kier molecular flexibility index (Phi) is 4.76. The number of hydrogen-bond acceptors (Lipinski definition) is 3. The molecule has 5 rings (SSSR count). The van der Waals surface area contributed by atoms with Gasteiger partial charge in [-0.05, 0) is 74.2 Å². The van der Waals surface area contributed by atoms with Gasteiger partial charge in [-0.2, -0.15) is 0 Å². The summed E-state index contributed by atoms with van der Waals surface area (Å²) in [5.41, 5.74) is 1.18. The summed E-state index contributed by atoms with van der Waals surface area (Å²) >= 11 is 0. The van der Waals surface area contributed by atoms with Crippen LogP contribution in [0.15, 0.2) is 30.3 Å². The Morgan fingerprint density at radius 3 is 2.23 bits per heavy atom. The van der Waals surface area contributed by atoms with E-state index in [2.05, 4.69) is 12.2 Å². The number of benzene rings is 1. The molecule has 1 aromatic rings. The maximum atomic E-state index is 12.3. The Morgan fingerprint density at radius 1 is 1.08 bits per heavy atom. The van der Waals surface area contributed by atoms with Crippen LogP contribution >= 0.6 is 0 Å². The quantitative estimate of drug-likeness (QED) is 0.795. The maximum Gasteiger partial charge on any atom is 0.310 e. The van der Waals surface area contributed by atoms with Crippen LogP contribution in [0.1, 0.15) is 51.0 Å². The molecule has 1 unspecified atom stereocenters. The lowest BCUT2D eigenvalue weighted by molar-refractivity contribution is -0.148. The van der Waals surface area contributed by atoms with Gasteiger partial charge in [0.05, 0.1) is 6.42 Å². The molecule has 0 radical (unpaired) electrons. The van der Waals surface area contributed by atoms with Gasteiger partial charge in [0.1, 0.15) is 0 Å². The first kappa shape index (κ1) is 17.6. The number of ether oxygens (including phenoxy) is 1. The van der Waals surface area contributed by atoms with E-state index in [-0.39, 0.29) is 36.4 Å². The van der Waals surface area contributed by atoms with Gasteiger partial charge in [-0.3, -0.25) is 9.59 Å². The third-order valence-electron chi connectivity index (χ3n) is 6.94.